The summed E-state index contributed by atoms with van der Waals surface area (Å²) in [6.45, 7) is 23.1. The van der Waals surface area contributed by atoms with Gasteiger partial charge in [-0.2, -0.15) is 0 Å². The Labute approximate surface area is 409 Å². The zero-order valence-electron chi connectivity index (χ0n) is 40.3. The number of carbonyl (C=O) groups excluding carboxylic acids is 4. The Balaban J connectivity index is 0.859. The summed E-state index contributed by atoms with van der Waals surface area (Å²) in [5, 5.41) is 6.26. The van der Waals surface area contributed by atoms with Crippen LogP contribution in [-0.4, -0.2) is 103 Å². The smallest absolute Gasteiger partial charge is 0.259 e. The first-order chi connectivity index (χ1) is 32.4. The number of aromatic nitrogens is 1. The highest BCUT2D eigenvalue weighted by molar-refractivity contribution is 7.81. The lowest BCUT2D eigenvalue weighted by Crippen LogP contribution is -2.58. The number of benzene rings is 3. The molecule has 0 bridgehead atoms. The molecule has 3 heterocycles. The molecule has 68 heavy (non-hydrogen) atoms. The third-order valence-electron chi connectivity index (χ3n) is 12.0. The zero-order chi connectivity index (χ0) is 49.2. The van der Waals surface area contributed by atoms with Gasteiger partial charge in [0.1, 0.15) is 35.7 Å². The minimum Gasteiger partial charge on any atom is -0.508 e. The van der Waals surface area contributed by atoms with Crippen LogP contribution in [0.3, 0.4) is 0 Å². The first-order valence-electron chi connectivity index (χ1n) is 22.9. The number of anilines is 2. The third-order valence-corrected chi connectivity index (χ3v) is 13.4. The number of thiazole rings is 1. The quantitative estimate of drug-likeness (QED) is 0.0471. The van der Waals surface area contributed by atoms with Gasteiger partial charge in [-0.3, -0.25) is 24.1 Å². The van der Waals surface area contributed by atoms with E-state index in [-0.39, 0.29) is 30.2 Å². The maximum Gasteiger partial charge on any atom is 0.259 e. The van der Waals surface area contributed by atoms with Crippen molar-refractivity contribution >= 4 is 69.4 Å². The summed E-state index contributed by atoms with van der Waals surface area (Å²) < 4.78 is 22.8. The summed E-state index contributed by atoms with van der Waals surface area (Å²) in [6.07, 6.45) is 2.71. The number of thiocarbonyl (C=S) groups is 1. The second-order valence-corrected chi connectivity index (χ2v) is 20.0. The second kappa shape index (κ2) is 22.9. The van der Waals surface area contributed by atoms with Gasteiger partial charge in [-0.15, -0.1) is 11.3 Å². The molecule has 0 radical (unpaired) electrons. The van der Waals surface area contributed by atoms with Crippen molar-refractivity contribution in [2.45, 2.75) is 98.3 Å². The molecule has 0 aliphatic carbocycles. The van der Waals surface area contributed by atoms with Gasteiger partial charge in [-0.1, -0.05) is 58.0 Å². The lowest BCUT2D eigenvalue weighted by atomic mass is 9.85. The van der Waals surface area contributed by atoms with Gasteiger partial charge in [-0.25, -0.2) is 9.83 Å². The van der Waals surface area contributed by atoms with Gasteiger partial charge in [0.25, 0.3) is 5.91 Å². The highest BCUT2D eigenvalue weighted by atomic mass is 32.1. The number of carbonyl (C=O) groups is 4. The number of nitrogens with zero attached hydrogens (tertiary/aromatic N) is 5. The number of amides is 4. The number of likely N-dealkylation sites (tertiary alicyclic amines) is 1. The van der Waals surface area contributed by atoms with Gasteiger partial charge < -0.3 is 39.4 Å². The normalized spacial score (nSPS) is 17.2. The number of aryl methyl sites for hydroxylation is 1. The Hall–Kier alpha value is -5.93. The molecule has 0 unspecified atom stereocenters. The number of rotatable bonds is 21. The average Bonchev–Trinajstić information content (AvgIpc) is 3.98. The molecule has 6 rings (SSSR count). The fourth-order valence-electron chi connectivity index (χ4n) is 8.29. The van der Waals surface area contributed by atoms with Gasteiger partial charge in [0, 0.05) is 38.6 Å². The summed E-state index contributed by atoms with van der Waals surface area (Å²) >= 11 is 7.41. The van der Waals surface area contributed by atoms with Crippen LogP contribution in [0.4, 0.5) is 17.1 Å². The van der Waals surface area contributed by atoms with E-state index in [1.165, 1.54) is 12.0 Å². The summed E-state index contributed by atoms with van der Waals surface area (Å²) in [5.74, 6) is 0.106. The fourth-order valence-corrected chi connectivity index (χ4v) is 9.62. The molecule has 0 saturated carbocycles. The Morgan fingerprint density at radius 1 is 0.971 bits per heavy atom. The lowest BCUT2D eigenvalue weighted by Gasteiger charge is -2.35. The first kappa shape index (κ1) is 51.5. The highest BCUT2D eigenvalue weighted by Crippen LogP contribution is 2.40. The topological polar surface area (TPSA) is 156 Å². The van der Waals surface area contributed by atoms with E-state index in [4.69, 9.17) is 37.7 Å². The van der Waals surface area contributed by atoms with E-state index in [1.54, 1.807) is 34.4 Å². The molecule has 17 heteroatoms. The fraction of sp³-hybridized carbons (Fsp3) is 0.471. The van der Waals surface area contributed by atoms with E-state index >= 15 is 0 Å². The second-order valence-electron chi connectivity index (χ2n) is 18.7. The lowest BCUT2D eigenvalue weighted by molar-refractivity contribution is -0.144. The van der Waals surface area contributed by atoms with Crippen LogP contribution in [0.25, 0.3) is 15.3 Å². The zero-order valence-corrected chi connectivity index (χ0v) is 41.9. The summed E-state index contributed by atoms with van der Waals surface area (Å²) in [5.41, 5.74) is 4.91. The van der Waals surface area contributed by atoms with Crippen LogP contribution in [0.15, 0.2) is 72.2 Å². The standard InChI is InChI=1S/C51H63N7O8S2/c1-33-27-41(46(60)53-29-35-13-15-36(16-14-35)44-34(2)54-32-68-44)56(30-33)47(61)45(50(3,4)5)55-43(59)31-65-25-12-24-64-23-10-11-26-66-39-20-17-37(18-21-39)58-49(67)57(48(62)51(58,6)7)38-19-22-40(52-8)42(28-38)63-9/h13-22,28,32-33,41,45H,10-12,23-27,29-31H2,1-7,9H3,(H,53,60)(H,55,59)/t33-,41+,45-/m1/s1. The molecule has 2 saturated heterocycles. The molecule has 0 spiro atoms. The molecule has 4 aromatic rings. The van der Waals surface area contributed by atoms with Crippen molar-refractivity contribution in [1.82, 2.24) is 20.5 Å². The summed E-state index contributed by atoms with van der Waals surface area (Å²) in [4.78, 5) is 68.1. The number of methoxy groups -OCH3 is 1. The van der Waals surface area contributed by atoms with E-state index in [2.05, 4.69) is 20.5 Å². The number of nitrogens with one attached hydrogen (secondary N) is 2. The Kier molecular flexibility index (Phi) is 17.3. The predicted octanol–water partition coefficient (Wildman–Crippen LogP) is 8.26. The van der Waals surface area contributed by atoms with Crippen LogP contribution in [0, 0.1) is 24.8 Å². The van der Waals surface area contributed by atoms with Crippen LogP contribution in [0.2, 0.25) is 0 Å². The molecule has 2 aliphatic heterocycles. The third kappa shape index (κ3) is 12.4. The molecule has 2 N–H and O–H groups in total. The molecule has 2 fully saturated rings. The molecule has 3 atom stereocenters. The summed E-state index contributed by atoms with van der Waals surface area (Å²) in [6, 6.07) is 19.0. The van der Waals surface area contributed by atoms with Crippen molar-refractivity contribution in [3.63, 3.8) is 0 Å². The molecular formula is C51H63N7O8S2. The molecule has 362 valence electrons. The molecular weight excluding hydrogens is 903 g/mol. The van der Waals surface area contributed by atoms with Crippen molar-refractivity contribution in [3.05, 3.63) is 94.9 Å². The minimum atomic E-state index is -0.956. The van der Waals surface area contributed by atoms with E-state index in [0.717, 1.165) is 40.2 Å². The van der Waals surface area contributed by atoms with Crippen LogP contribution in [0.1, 0.15) is 78.5 Å². The number of hydrogen-bond acceptors (Lipinski definition) is 11. The van der Waals surface area contributed by atoms with Gasteiger partial charge in [0.05, 0.1) is 42.1 Å². The van der Waals surface area contributed by atoms with Gasteiger partial charge in [0.2, 0.25) is 23.4 Å². The van der Waals surface area contributed by atoms with Crippen molar-refractivity contribution in [2.24, 2.45) is 11.3 Å². The Morgan fingerprint density at radius 2 is 1.65 bits per heavy atom. The van der Waals surface area contributed by atoms with E-state index in [1.807, 2.05) is 107 Å². The highest BCUT2D eigenvalue weighted by Gasteiger charge is 2.50. The largest absolute Gasteiger partial charge is 0.508 e. The minimum absolute atomic E-state index is 0.129. The first-order valence-corrected chi connectivity index (χ1v) is 24.2. The van der Waals surface area contributed by atoms with E-state index in [0.29, 0.717) is 80.3 Å². The van der Waals surface area contributed by atoms with Gasteiger partial charge >= 0.3 is 0 Å². The maximum absolute atomic E-state index is 14.1. The van der Waals surface area contributed by atoms with Crippen molar-refractivity contribution in [2.75, 3.05) is 56.5 Å². The number of unbranched alkanes of at least 4 members (excludes halogenated alkanes) is 1. The molecule has 4 amide bonds. The monoisotopic (exact) mass is 965 g/mol. The molecule has 15 nitrogen and oxygen atoms in total. The number of ether oxygens (including phenoxy) is 4. The predicted molar refractivity (Wildman–Crippen MR) is 268 cm³/mol. The van der Waals surface area contributed by atoms with Crippen molar-refractivity contribution < 1.29 is 38.1 Å². The van der Waals surface area contributed by atoms with Crippen LogP contribution in [0.5, 0.6) is 11.5 Å². The van der Waals surface area contributed by atoms with Gasteiger partial charge in [0.15, 0.2) is 5.11 Å². The maximum atomic E-state index is 14.1. The molecule has 2 aliphatic rings. The van der Waals surface area contributed by atoms with Crippen LogP contribution < -0.4 is 29.9 Å². The van der Waals surface area contributed by atoms with E-state index in [9.17, 15) is 19.2 Å². The molecule has 1 aromatic heterocycles. The van der Waals surface area contributed by atoms with Crippen molar-refractivity contribution in [1.29, 1.82) is 0 Å². The Bertz CT molecular complexity index is 2460. The van der Waals surface area contributed by atoms with E-state index < -0.39 is 28.9 Å². The molecule has 3 aromatic carbocycles. The SMILES string of the molecule is [C-]#[N+]c1ccc(N2C(=O)C(C)(C)N(c3ccc(OCCCCOCCCOCC(=O)N[C@H](C(=O)N4C[C@H](C)C[C@H]4C(=O)NCc4ccc(-c5scnc5C)cc4)C(C)(C)C)cc3)C2=S)cc1OC. The summed E-state index contributed by atoms with van der Waals surface area (Å²) in [7, 11) is 1.48. The number of hydrogen-bond donors (Lipinski definition) is 2. The van der Waals surface area contributed by atoms with Crippen molar-refractivity contribution in [3.8, 4) is 21.9 Å². The van der Waals surface area contributed by atoms with Gasteiger partial charge in [-0.05, 0) is 118 Å². The van der Waals surface area contributed by atoms with Crippen LogP contribution in [-0.2, 0) is 35.2 Å². The average molecular weight is 966 g/mol. The van der Waals surface area contributed by atoms with Crippen LogP contribution >= 0.6 is 23.6 Å². The Morgan fingerprint density at radius 3 is 2.31 bits per heavy atom.